The van der Waals surface area contributed by atoms with Crippen molar-refractivity contribution in [2.75, 3.05) is 43.5 Å². The number of aryl methyl sites for hydroxylation is 1. The van der Waals surface area contributed by atoms with Crippen LogP contribution in [0.4, 0.5) is 26.2 Å². The number of aromatic nitrogens is 2. The molecule has 1 fully saturated rings. The summed E-state index contributed by atoms with van der Waals surface area (Å²) in [7, 11) is 1.62. The first-order chi connectivity index (χ1) is 16.4. The van der Waals surface area contributed by atoms with Crippen molar-refractivity contribution in [3.05, 3.63) is 77.5 Å². The Morgan fingerprint density at radius 3 is 2.47 bits per heavy atom. The van der Waals surface area contributed by atoms with Crippen LogP contribution in [-0.4, -0.2) is 54.1 Å². The highest BCUT2D eigenvalue weighted by atomic mass is 19.1. The van der Waals surface area contributed by atoms with E-state index in [1.54, 1.807) is 12.0 Å². The molecule has 34 heavy (non-hydrogen) atoms. The maximum absolute atomic E-state index is 13.8. The number of benzene rings is 2. The molecule has 1 aliphatic heterocycles. The van der Waals surface area contributed by atoms with Crippen LogP contribution in [0.1, 0.15) is 11.3 Å². The van der Waals surface area contributed by atoms with E-state index in [1.165, 1.54) is 12.2 Å². The number of anilines is 3. The van der Waals surface area contributed by atoms with Crippen LogP contribution in [0.3, 0.4) is 0 Å². The van der Waals surface area contributed by atoms with Gasteiger partial charge in [-0.2, -0.15) is 4.98 Å². The average Bonchev–Trinajstić information content (AvgIpc) is 2.84. The van der Waals surface area contributed by atoms with Gasteiger partial charge in [-0.25, -0.2) is 13.8 Å². The number of carbonyl (C=O) groups is 1. The number of carbonyl (C=O) groups excluding carboxylic acids is 1. The Kier molecular flexibility index (Phi) is 7.01. The summed E-state index contributed by atoms with van der Waals surface area (Å²) < 4.78 is 32.3. The van der Waals surface area contributed by atoms with Crippen LogP contribution >= 0.6 is 0 Å². The molecule has 0 atom stereocenters. The van der Waals surface area contributed by atoms with Gasteiger partial charge < -0.3 is 19.9 Å². The summed E-state index contributed by atoms with van der Waals surface area (Å²) in [5, 5.41) is 3.28. The van der Waals surface area contributed by atoms with Gasteiger partial charge in [0.2, 0.25) is 11.9 Å². The first-order valence-electron chi connectivity index (χ1n) is 10.8. The Morgan fingerprint density at radius 2 is 1.76 bits per heavy atom. The van der Waals surface area contributed by atoms with E-state index in [9.17, 15) is 13.6 Å². The quantitative estimate of drug-likeness (QED) is 0.551. The van der Waals surface area contributed by atoms with E-state index >= 15 is 0 Å². The maximum atomic E-state index is 13.8. The SMILES string of the molecule is COc1ccc(Nc2cc(C)nc(N3CCN(C(=O)/C=C/c4cc(F)ccc4F)CC3)n2)cc1. The Morgan fingerprint density at radius 1 is 1.03 bits per heavy atom. The lowest BCUT2D eigenvalue weighted by Gasteiger charge is -2.34. The molecule has 4 rings (SSSR count). The molecule has 2 heterocycles. The Hall–Kier alpha value is -4.01. The monoisotopic (exact) mass is 465 g/mol. The predicted octanol–water partition coefficient (Wildman–Crippen LogP) is 4.18. The predicted molar refractivity (Wildman–Crippen MR) is 127 cm³/mol. The van der Waals surface area contributed by atoms with Crippen LogP contribution < -0.4 is 15.0 Å². The fraction of sp³-hybridized carbons (Fsp3) is 0.240. The molecule has 3 aromatic rings. The van der Waals surface area contributed by atoms with E-state index in [4.69, 9.17) is 4.74 Å². The van der Waals surface area contributed by atoms with Gasteiger partial charge in [-0.1, -0.05) is 0 Å². The first-order valence-corrected chi connectivity index (χ1v) is 10.8. The van der Waals surface area contributed by atoms with Gasteiger partial charge in [0, 0.05) is 55.3 Å². The summed E-state index contributed by atoms with van der Waals surface area (Å²) >= 11 is 0. The standard InChI is InChI=1S/C25H25F2N5O2/c1-17-15-23(29-20-5-7-21(34-2)8-6-20)30-25(28-17)32-13-11-31(12-14-32)24(33)10-3-18-16-19(26)4-9-22(18)27/h3-10,15-16H,11-14H2,1-2H3,(H,28,29,30)/b10-3+. The van der Waals surface area contributed by atoms with Crippen molar-refractivity contribution < 1.29 is 18.3 Å². The summed E-state index contributed by atoms with van der Waals surface area (Å²) in [4.78, 5) is 25.4. The molecule has 1 amide bonds. The summed E-state index contributed by atoms with van der Waals surface area (Å²) in [6, 6.07) is 12.5. The highest BCUT2D eigenvalue weighted by molar-refractivity contribution is 5.92. The molecule has 1 N–H and O–H groups in total. The smallest absolute Gasteiger partial charge is 0.246 e. The lowest BCUT2D eigenvalue weighted by Crippen LogP contribution is -2.48. The third-order valence-electron chi connectivity index (χ3n) is 5.44. The summed E-state index contributed by atoms with van der Waals surface area (Å²) in [6.45, 7) is 3.94. The molecule has 2 aromatic carbocycles. The normalized spacial score (nSPS) is 13.9. The fourth-order valence-electron chi connectivity index (χ4n) is 3.62. The number of methoxy groups -OCH3 is 1. The molecule has 0 radical (unpaired) electrons. The zero-order chi connectivity index (χ0) is 24.1. The minimum Gasteiger partial charge on any atom is -0.497 e. The number of nitrogens with zero attached hydrogens (tertiary/aromatic N) is 4. The fourth-order valence-corrected chi connectivity index (χ4v) is 3.62. The molecule has 7 nitrogen and oxygen atoms in total. The van der Waals surface area contributed by atoms with Crippen LogP contribution in [0.5, 0.6) is 5.75 Å². The van der Waals surface area contributed by atoms with Crippen LogP contribution in [0, 0.1) is 18.6 Å². The van der Waals surface area contributed by atoms with Gasteiger partial charge in [-0.15, -0.1) is 0 Å². The molecule has 176 valence electrons. The van der Waals surface area contributed by atoms with Gasteiger partial charge in [-0.3, -0.25) is 4.79 Å². The van der Waals surface area contributed by atoms with E-state index in [0.717, 1.165) is 35.3 Å². The molecule has 0 spiro atoms. The number of hydrogen-bond acceptors (Lipinski definition) is 6. The minimum absolute atomic E-state index is 0.0389. The summed E-state index contributed by atoms with van der Waals surface area (Å²) in [5.74, 6) is 0.641. The van der Waals surface area contributed by atoms with Crippen LogP contribution in [0.15, 0.2) is 54.6 Å². The van der Waals surface area contributed by atoms with Crippen molar-refractivity contribution in [2.24, 2.45) is 0 Å². The van der Waals surface area contributed by atoms with Crippen molar-refractivity contribution in [3.63, 3.8) is 0 Å². The molecule has 0 saturated carbocycles. The lowest BCUT2D eigenvalue weighted by atomic mass is 10.2. The van der Waals surface area contributed by atoms with E-state index in [-0.39, 0.29) is 11.5 Å². The highest BCUT2D eigenvalue weighted by Gasteiger charge is 2.22. The Balaban J connectivity index is 1.38. The molecular formula is C25H25F2N5O2. The van der Waals surface area contributed by atoms with Gasteiger partial charge in [0.05, 0.1) is 7.11 Å². The Bertz CT molecular complexity index is 1190. The third-order valence-corrected chi connectivity index (χ3v) is 5.44. The average molecular weight is 466 g/mol. The molecule has 1 saturated heterocycles. The number of halogens is 2. The molecule has 0 bridgehead atoms. The summed E-state index contributed by atoms with van der Waals surface area (Å²) in [6.07, 6.45) is 2.57. The number of amides is 1. The second-order valence-electron chi connectivity index (χ2n) is 7.86. The molecule has 1 aliphatic rings. The number of nitrogens with one attached hydrogen (secondary N) is 1. The van der Waals surface area contributed by atoms with Crippen molar-refractivity contribution >= 4 is 29.4 Å². The third kappa shape index (κ3) is 5.67. The molecular weight excluding hydrogens is 440 g/mol. The van der Waals surface area contributed by atoms with Gasteiger partial charge in [0.25, 0.3) is 0 Å². The Labute approximate surface area is 196 Å². The van der Waals surface area contributed by atoms with E-state index < -0.39 is 11.6 Å². The molecule has 9 heteroatoms. The van der Waals surface area contributed by atoms with Gasteiger partial charge in [0.1, 0.15) is 23.2 Å². The van der Waals surface area contributed by atoms with Crippen LogP contribution in [-0.2, 0) is 4.79 Å². The first kappa shape index (κ1) is 23.2. The van der Waals surface area contributed by atoms with E-state index in [2.05, 4.69) is 15.3 Å². The van der Waals surface area contributed by atoms with Crippen LogP contribution in [0.2, 0.25) is 0 Å². The van der Waals surface area contributed by atoms with Gasteiger partial charge in [-0.05, 0) is 55.5 Å². The van der Waals surface area contributed by atoms with Gasteiger partial charge in [0.15, 0.2) is 0 Å². The van der Waals surface area contributed by atoms with Gasteiger partial charge >= 0.3 is 0 Å². The van der Waals surface area contributed by atoms with Crippen molar-refractivity contribution in [1.82, 2.24) is 14.9 Å². The zero-order valence-corrected chi connectivity index (χ0v) is 19.0. The second kappa shape index (κ2) is 10.3. The zero-order valence-electron chi connectivity index (χ0n) is 19.0. The topological polar surface area (TPSA) is 70.6 Å². The number of hydrogen-bond donors (Lipinski definition) is 1. The second-order valence-corrected chi connectivity index (χ2v) is 7.86. The molecule has 0 aliphatic carbocycles. The van der Waals surface area contributed by atoms with E-state index in [1.807, 2.05) is 42.2 Å². The highest BCUT2D eigenvalue weighted by Crippen LogP contribution is 2.22. The molecule has 0 unspecified atom stereocenters. The van der Waals surface area contributed by atoms with Crippen molar-refractivity contribution in [3.8, 4) is 5.75 Å². The molecule has 1 aromatic heterocycles. The largest absolute Gasteiger partial charge is 0.497 e. The van der Waals surface area contributed by atoms with Crippen molar-refractivity contribution in [1.29, 1.82) is 0 Å². The van der Waals surface area contributed by atoms with E-state index in [0.29, 0.717) is 37.9 Å². The number of ether oxygens (including phenoxy) is 1. The van der Waals surface area contributed by atoms with Crippen molar-refractivity contribution in [2.45, 2.75) is 6.92 Å². The minimum atomic E-state index is -0.578. The number of piperazine rings is 1. The number of rotatable bonds is 6. The van der Waals surface area contributed by atoms with Crippen LogP contribution in [0.25, 0.3) is 6.08 Å². The maximum Gasteiger partial charge on any atom is 0.246 e. The lowest BCUT2D eigenvalue weighted by molar-refractivity contribution is -0.126. The summed E-state index contributed by atoms with van der Waals surface area (Å²) in [5.41, 5.74) is 1.73.